The molecule has 6 nitrogen and oxygen atoms in total. The molecule has 2 aromatic carbocycles. The maximum absolute atomic E-state index is 13.1. The molecule has 0 N–H and O–H groups in total. The maximum Gasteiger partial charge on any atom is 0.228 e. The summed E-state index contributed by atoms with van der Waals surface area (Å²) >= 11 is 0. The van der Waals surface area contributed by atoms with Crippen LogP contribution >= 0.6 is 0 Å². The van der Waals surface area contributed by atoms with Crippen molar-refractivity contribution in [1.82, 2.24) is 9.80 Å². The Kier molecular flexibility index (Phi) is 6.78. The van der Waals surface area contributed by atoms with Crippen LogP contribution in [0.15, 0.2) is 54.6 Å². The molecule has 2 heterocycles. The standard InChI is InChI=1S/C26H30N2O4/c1-31-23-9-8-19(16-24(23)32-2)10-13-28-18-22(17-25(28)29)26(30)27-14-11-21(12-15-27)20-6-4-3-5-7-20/h3-9,11,16,22H,10,12-15,17-18H2,1-2H3/t22-/m0/s1. The van der Waals surface area contributed by atoms with Gasteiger partial charge in [-0.25, -0.2) is 0 Å². The second-order valence-electron chi connectivity index (χ2n) is 8.31. The summed E-state index contributed by atoms with van der Waals surface area (Å²) in [5.41, 5.74) is 3.57. The van der Waals surface area contributed by atoms with Crippen LogP contribution in [-0.2, 0) is 16.0 Å². The van der Waals surface area contributed by atoms with Gasteiger partial charge >= 0.3 is 0 Å². The molecule has 4 rings (SSSR count). The molecular weight excluding hydrogens is 404 g/mol. The Morgan fingerprint density at radius 1 is 1.06 bits per heavy atom. The number of rotatable bonds is 7. The first-order valence-corrected chi connectivity index (χ1v) is 11.1. The van der Waals surface area contributed by atoms with Gasteiger partial charge in [0.2, 0.25) is 11.8 Å². The molecule has 168 valence electrons. The maximum atomic E-state index is 13.1. The molecule has 2 aromatic rings. The van der Waals surface area contributed by atoms with Gasteiger partial charge in [0.25, 0.3) is 0 Å². The molecule has 6 heteroatoms. The van der Waals surface area contributed by atoms with Crippen LogP contribution in [0.3, 0.4) is 0 Å². The van der Waals surface area contributed by atoms with Gasteiger partial charge in [-0.15, -0.1) is 0 Å². The molecule has 0 saturated carbocycles. The minimum atomic E-state index is -0.250. The van der Waals surface area contributed by atoms with Crippen molar-refractivity contribution in [2.24, 2.45) is 5.92 Å². The van der Waals surface area contributed by atoms with Crippen LogP contribution in [0.2, 0.25) is 0 Å². The number of ether oxygens (including phenoxy) is 2. The van der Waals surface area contributed by atoms with Crippen molar-refractivity contribution in [3.8, 4) is 11.5 Å². The Hall–Kier alpha value is -3.28. The summed E-state index contributed by atoms with van der Waals surface area (Å²) in [7, 11) is 3.22. The zero-order valence-electron chi connectivity index (χ0n) is 18.8. The fraction of sp³-hybridized carbons (Fsp3) is 0.385. The molecule has 2 aliphatic heterocycles. The van der Waals surface area contributed by atoms with Crippen LogP contribution in [0.25, 0.3) is 5.57 Å². The molecule has 0 radical (unpaired) electrons. The molecule has 0 bridgehead atoms. The van der Waals surface area contributed by atoms with Gasteiger partial charge in [0.1, 0.15) is 0 Å². The Bertz CT molecular complexity index is 1000. The van der Waals surface area contributed by atoms with Gasteiger partial charge in [0.15, 0.2) is 11.5 Å². The summed E-state index contributed by atoms with van der Waals surface area (Å²) in [6.45, 7) is 2.40. The van der Waals surface area contributed by atoms with Gasteiger partial charge < -0.3 is 19.3 Å². The minimum Gasteiger partial charge on any atom is -0.493 e. The summed E-state index contributed by atoms with van der Waals surface area (Å²) in [6.07, 6.45) is 4.00. The molecule has 0 spiro atoms. The van der Waals surface area contributed by atoms with Crippen LogP contribution in [0.5, 0.6) is 11.5 Å². The second-order valence-corrected chi connectivity index (χ2v) is 8.31. The lowest BCUT2D eigenvalue weighted by Gasteiger charge is -2.29. The van der Waals surface area contributed by atoms with Crippen LogP contribution in [0, 0.1) is 5.92 Å². The predicted molar refractivity (Wildman–Crippen MR) is 124 cm³/mol. The largest absolute Gasteiger partial charge is 0.493 e. The van der Waals surface area contributed by atoms with E-state index < -0.39 is 0 Å². The number of hydrogen-bond donors (Lipinski definition) is 0. The number of likely N-dealkylation sites (tertiary alicyclic amines) is 1. The SMILES string of the molecule is COc1ccc(CCN2C[C@@H](C(=O)N3CC=C(c4ccccc4)CC3)CC2=O)cc1OC. The zero-order chi connectivity index (χ0) is 22.5. The molecular formula is C26H30N2O4. The minimum absolute atomic E-state index is 0.0568. The van der Waals surface area contributed by atoms with E-state index in [1.807, 2.05) is 46.2 Å². The number of carbonyl (C=O) groups excluding carboxylic acids is 2. The van der Waals surface area contributed by atoms with Crippen molar-refractivity contribution in [1.29, 1.82) is 0 Å². The van der Waals surface area contributed by atoms with Crippen LogP contribution in [0.1, 0.15) is 24.0 Å². The van der Waals surface area contributed by atoms with E-state index in [9.17, 15) is 9.59 Å². The first kappa shape index (κ1) is 21.9. The molecule has 1 saturated heterocycles. The Labute approximate surface area is 189 Å². The average molecular weight is 435 g/mol. The number of nitrogens with zero attached hydrogens (tertiary/aromatic N) is 2. The summed E-state index contributed by atoms with van der Waals surface area (Å²) in [6, 6.07) is 16.1. The third-order valence-electron chi connectivity index (χ3n) is 6.35. The lowest BCUT2D eigenvalue weighted by atomic mass is 9.98. The van der Waals surface area contributed by atoms with E-state index in [0.29, 0.717) is 50.5 Å². The molecule has 2 amide bonds. The molecule has 1 atom stereocenters. The molecule has 0 unspecified atom stereocenters. The highest BCUT2D eigenvalue weighted by Gasteiger charge is 2.36. The third-order valence-corrected chi connectivity index (χ3v) is 6.35. The highest BCUT2D eigenvalue weighted by atomic mass is 16.5. The van der Waals surface area contributed by atoms with E-state index >= 15 is 0 Å². The van der Waals surface area contributed by atoms with Crippen molar-refractivity contribution >= 4 is 17.4 Å². The topological polar surface area (TPSA) is 59.1 Å². The molecule has 0 aliphatic carbocycles. The quantitative estimate of drug-likeness (QED) is 0.670. The van der Waals surface area contributed by atoms with Gasteiger partial charge in [-0.05, 0) is 41.7 Å². The molecule has 0 aromatic heterocycles. The van der Waals surface area contributed by atoms with E-state index in [1.54, 1.807) is 14.2 Å². The van der Waals surface area contributed by atoms with E-state index in [2.05, 4.69) is 18.2 Å². The highest BCUT2D eigenvalue weighted by molar-refractivity contribution is 5.89. The predicted octanol–water partition coefficient (Wildman–Crippen LogP) is 3.41. The zero-order valence-corrected chi connectivity index (χ0v) is 18.8. The summed E-state index contributed by atoms with van der Waals surface area (Å²) in [5.74, 6) is 1.26. The van der Waals surface area contributed by atoms with E-state index in [-0.39, 0.29) is 17.7 Å². The Balaban J connectivity index is 1.32. The molecule has 32 heavy (non-hydrogen) atoms. The summed E-state index contributed by atoms with van der Waals surface area (Å²) in [5, 5.41) is 0. The van der Waals surface area contributed by atoms with E-state index in [0.717, 1.165) is 12.0 Å². The van der Waals surface area contributed by atoms with Gasteiger partial charge in [0.05, 0.1) is 20.1 Å². The first-order valence-electron chi connectivity index (χ1n) is 11.1. The highest BCUT2D eigenvalue weighted by Crippen LogP contribution is 2.29. The van der Waals surface area contributed by atoms with Crippen LogP contribution in [0.4, 0.5) is 0 Å². The monoisotopic (exact) mass is 434 g/mol. The van der Waals surface area contributed by atoms with Gasteiger partial charge in [-0.2, -0.15) is 0 Å². The van der Waals surface area contributed by atoms with E-state index in [4.69, 9.17) is 9.47 Å². The van der Waals surface area contributed by atoms with Crippen molar-refractivity contribution < 1.29 is 19.1 Å². The Morgan fingerprint density at radius 3 is 2.53 bits per heavy atom. The fourth-order valence-electron chi connectivity index (χ4n) is 4.50. The first-order chi connectivity index (χ1) is 15.6. The van der Waals surface area contributed by atoms with Crippen LogP contribution in [-0.4, -0.2) is 62.0 Å². The van der Waals surface area contributed by atoms with Gasteiger partial charge in [-0.1, -0.05) is 42.5 Å². The third kappa shape index (κ3) is 4.79. The number of hydrogen-bond acceptors (Lipinski definition) is 4. The van der Waals surface area contributed by atoms with Crippen molar-refractivity contribution in [2.75, 3.05) is 40.4 Å². The number of methoxy groups -OCH3 is 2. The lowest BCUT2D eigenvalue weighted by Crippen LogP contribution is -2.40. The Morgan fingerprint density at radius 2 is 1.84 bits per heavy atom. The normalized spacial score (nSPS) is 18.5. The molecule has 1 fully saturated rings. The number of benzene rings is 2. The summed E-state index contributed by atoms with van der Waals surface area (Å²) in [4.78, 5) is 29.3. The lowest BCUT2D eigenvalue weighted by molar-refractivity contribution is -0.135. The van der Waals surface area contributed by atoms with Crippen molar-refractivity contribution in [2.45, 2.75) is 19.3 Å². The van der Waals surface area contributed by atoms with Gasteiger partial charge in [-0.3, -0.25) is 9.59 Å². The van der Waals surface area contributed by atoms with Gasteiger partial charge in [0, 0.05) is 32.6 Å². The molecule has 2 aliphatic rings. The van der Waals surface area contributed by atoms with Crippen LogP contribution < -0.4 is 9.47 Å². The number of carbonyl (C=O) groups is 2. The summed E-state index contributed by atoms with van der Waals surface area (Å²) < 4.78 is 10.6. The number of amides is 2. The van der Waals surface area contributed by atoms with Crippen molar-refractivity contribution in [3.05, 3.63) is 65.7 Å². The second kappa shape index (κ2) is 9.90. The van der Waals surface area contributed by atoms with E-state index in [1.165, 1.54) is 11.1 Å². The fourth-order valence-corrected chi connectivity index (χ4v) is 4.50. The average Bonchev–Trinajstić information content (AvgIpc) is 3.23. The van der Waals surface area contributed by atoms with Crippen molar-refractivity contribution in [3.63, 3.8) is 0 Å². The smallest absolute Gasteiger partial charge is 0.228 e.